The van der Waals surface area contributed by atoms with Gasteiger partial charge < -0.3 is 10.6 Å². The molecule has 1 aliphatic heterocycles. The summed E-state index contributed by atoms with van der Waals surface area (Å²) in [7, 11) is 0. The predicted octanol–water partition coefficient (Wildman–Crippen LogP) is 2.85. The number of benzene rings is 1. The van der Waals surface area contributed by atoms with Gasteiger partial charge >= 0.3 is 0 Å². The number of aromatic nitrogens is 3. The number of rotatable bonds is 4. The summed E-state index contributed by atoms with van der Waals surface area (Å²) < 4.78 is 1.84. The second kappa shape index (κ2) is 7.48. The second-order valence-corrected chi connectivity index (χ2v) is 7.17. The number of hydrogen-bond acceptors (Lipinski definition) is 4. The Labute approximate surface area is 159 Å². The predicted molar refractivity (Wildman–Crippen MR) is 107 cm³/mol. The molecular formula is C21H25N5O. The van der Waals surface area contributed by atoms with Crippen LogP contribution in [-0.2, 0) is 6.54 Å². The summed E-state index contributed by atoms with van der Waals surface area (Å²) in [6, 6.07) is 12.0. The number of nitrogens with one attached hydrogen (secondary N) is 2. The quantitative estimate of drug-likeness (QED) is 0.748. The van der Waals surface area contributed by atoms with Crippen LogP contribution >= 0.6 is 0 Å². The third-order valence-electron chi connectivity index (χ3n) is 5.32. The number of aryl methyl sites for hydroxylation is 1. The largest absolute Gasteiger partial charge is 0.349 e. The molecule has 3 aromatic rings. The number of piperidine rings is 1. The van der Waals surface area contributed by atoms with Crippen molar-refractivity contribution in [3.8, 4) is 11.3 Å². The fourth-order valence-corrected chi connectivity index (χ4v) is 3.70. The standard InChI is InChI=1S/C21H25N5O/c1-3-26-20-17(13-23-26)16(11-19(24-20)15-7-5-4-6-8-15)21(27)25-18-9-10-22-12-14(18)2/h4-8,11,13-14,18,22H,3,9-10,12H2,1-2H3,(H,25,27). The van der Waals surface area contributed by atoms with Gasteiger partial charge in [0.05, 0.1) is 22.8 Å². The second-order valence-electron chi connectivity index (χ2n) is 7.17. The van der Waals surface area contributed by atoms with E-state index in [1.807, 2.05) is 48.0 Å². The highest BCUT2D eigenvalue weighted by atomic mass is 16.1. The van der Waals surface area contributed by atoms with Gasteiger partial charge in [-0.1, -0.05) is 37.3 Å². The van der Waals surface area contributed by atoms with Crippen LogP contribution in [0.3, 0.4) is 0 Å². The summed E-state index contributed by atoms with van der Waals surface area (Å²) in [5.41, 5.74) is 3.18. The smallest absolute Gasteiger partial charge is 0.252 e. The number of amides is 1. The fraction of sp³-hybridized carbons (Fsp3) is 0.381. The van der Waals surface area contributed by atoms with E-state index in [1.54, 1.807) is 6.20 Å². The third kappa shape index (κ3) is 3.45. The van der Waals surface area contributed by atoms with E-state index < -0.39 is 0 Å². The van der Waals surface area contributed by atoms with Gasteiger partial charge in [0.25, 0.3) is 5.91 Å². The van der Waals surface area contributed by atoms with E-state index in [0.717, 1.165) is 41.8 Å². The summed E-state index contributed by atoms with van der Waals surface area (Å²) in [5, 5.41) is 11.8. The fourth-order valence-electron chi connectivity index (χ4n) is 3.70. The average Bonchev–Trinajstić information content (AvgIpc) is 3.12. The number of carbonyl (C=O) groups excluding carboxylic acids is 1. The molecule has 27 heavy (non-hydrogen) atoms. The summed E-state index contributed by atoms with van der Waals surface area (Å²) in [4.78, 5) is 17.9. The zero-order valence-corrected chi connectivity index (χ0v) is 15.8. The Morgan fingerprint density at radius 3 is 2.89 bits per heavy atom. The highest BCUT2D eigenvalue weighted by Crippen LogP contribution is 2.25. The molecule has 1 saturated heterocycles. The molecule has 6 nitrogen and oxygen atoms in total. The number of pyridine rings is 1. The molecule has 2 atom stereocenters. The molecule has 0 saturated carbocycles. The monoisotopic (exact) mass is 363 g/mol. The molecule has 2 unspecified atom stereocenters. The number of fused-ring (bicyclic) bond motifs is 1. The van der Waals surface area contributed by atoms with Gasteiger partial charge in [-0.25, -0.2) is 9.67 Å². The minimum atomic E-state index is -0.0472. The third-order valence-corrected chi connectivity index (χ3v) is 5.32. The van der Waals surface area contributed by atoms with Crippen molar-refractivity contribution in [1.29, 1.82) is 0 Å². The van der Waals surface area contributed by atoms with Crippen LogP contribution in [0.15, 0.2) is 42.6 Å². The van der Waals surface area contributed by atoms with Gasteiger partial charge in [-0.2, -0.15) is 5.10 Å². The summed E-state index contributed by atoms with van der Waals surface area (Å²) >= 11 is 0. The first-order valence-electron chi connectivity index (χ1n) is 9.61. The van der Waals surface area contributed by atoms with Gasteiger partial charge in [0.2, 0.25) is 0 Å². The molecule has 3 heterocycles. The lowest BCUT2D eigenvalue weighted by Crippen LogP contribution is -2.48. The van der Waals surface area contributed by atoms with E-state index >= 15 is 0 Å². The molecule has 0 aliphatic carbocycles. The van der Waals surface area contributed by atoms with Gasteiger partial charge in [-0.05, 0) is 38.4 Å². The van der Waals surface area contributed by atoms with Crippen LogP contribution in [0.25, 0.3) is 22.3 Å². The molecule has 1 fully saturated rings. The van der Waals surface area contributed by atoms with Gasteiger partial charge in [-0.3, -0.25) is 4.79 Å². The Morgan fingerprint density at radius 1 is 1.33 bits per heavy atom. The molecule has 0 spiro atoms. The first-order chi connectivity index (χ1) is 13.2. The van der Waals surface area contributed by atoms with Crippen molar-refractivity contribution in [2.75, 3.05) is 13.1 Å². The van der Waals surface area contributed by atoms with Crippen LogP contribution in [0, 0.1) is 5.92 Å². The summed E-state index contributed by atoms with van der Waals surface area (Å²) in [6.45, 7) is 6.77. The Kier molecular flexibility index (Phi) is 4.90. The molecule has 2 N–H and O–H groups in total. The first kappa shape index (κ1) is 17.7. The molecule has 1 aromatic carbocycles. The minimum absolute atomic E-state index is 0.0472. The van der Waals surface area contributed by atoms with E-state index in [0.29, 0.717) is 18.0 Å². The topological polar surface area (TPSA) is 71.8 Å². The van der Waals surface area contributed by atoms with Crippen LogP contribution in [-0.4, -0.2) is 39.8 Å². The minimum Gasteiger partial charge on any atom is -0.349 e. The molecule has 6 heteroatoms. The molecule has 1 amide bonds. The van der Waals surface area contributed by atoms with Crippen molar-refractivity contribution in [3.63, 3.8) is 0 Å². The van der Waals surface area contributed by atoms with Gasteiger partial charge in [0.15, 0.2) is 5.65 Å². The molecular weight excluding hydrogens is 338 g/mol. The molecule has 2 aromatic heterocycles. The molecule has 140 valence electrons. The molecule has 0 radical (unpaired) electrons. The zero-order chi connectivity index (χ0) is 18.8. The molecule has 0 bridgehead atoms. The Hall–Kier alpha value is -2.73. The van der Waals surface area contributed by atoms with Crippen LogP contribution in [0.2, 0.25) is 0 Å². The van der Waals surface area contributed by atoms with Crippen molar-refractivity contribution >= 4 is 16.9 Å². The van der Waals surface area contributed by atoms with Crippen LogP contribution in [0.1, 0.15) is 30.6 Å². The van der Waals surface area contributed by atoms with E-state index in [2.05, 4.69) is 22.7 Å². The Bertz CT molecular complexity index is 950. The van der Waals surface area contributed by atoms with Crippen LogP contribution in [0.4, 0.5) is 0 Å². The Morgan fingerprint density at radius 2 is 2.15 bits per heavy atom. The van der Waals surface area contributed by atoms with Gasteiger partial charge in [0.1, 0.15) is 0 Å². The lowest BCUT2D eigenvalue weighted by molar-refractivity contribution is 0.0916. The van der Waals surface area contributed by atoms with Gasteiger partial charge in [-0.15, -0.1) is 0 Å². The van der Waals surface area contributed by atoms with Crippen LogP contribution < -0.4 is 10.6 Å². The van der Waals surface area contributed by atoms with Crippen molar-refractivity contribution in [3.05, 3.63) is 48.2 Å². The van der Waals surface area contributed by atoms with E-state index in [9.17, 15) is 4.79 Å². The summed E-state index contributed by atoms with van der Waals surface area (Å²) in [5.74, 6) is 0.362. The molecule has 4 rings (SSSR count). The lowest BCUT2D eigenvalue weighted by Gasteiger charge is -2.30. The molecule has 1 aliphatic rings. The highest BCUT2D eigenvalue weighted by Gasteiger charge is 2.25. The van der Waals surface area contributed by atoms with Crippen molar-refractivity contribution in [1.82, 2.24) is 25.4 Å². The number of hydrogen-bond donors (Lipinski definition) is 2. The van der Waals surface area contributed by atoms with Crippen LogP contribution in [0.5, 0.6) is 0 Å². The maximum atomic E-state index is 13.2. The zero-order valence-electron chi connectivity index (χ0n) is 15.8. The van der Waals surface area contributed by atoms with E-state index in [4.69, 9.17) is 4.98 Å². The average molecular weight is 363 g/mol. The Balaban J connectivity index is 1.76. The maximum Gasteiger partial charge on any atom is 0.252 e. The summed E-state index contributed by atoms with van der Waals surface area (Å²) in [6.07, 6.45) is 2.70. The SMILES string of the molecule is CCn1ncc2c(C(=O)NC3CCNCC3C)cc(-c3ccccc3)nc21. The number of nitrogens with zero attached hydrogens (tertiary/aromatic N) is 3. The highest BCUT2D eigenvalue weighted by molar-refractivity contribution is 6.06. The number of carbonyl (C=O) groups is 1. The normalized spacial score (nSPS) is 19.9. The maximum absolute atomic E-state index is 13.2. The lowest BCUT2D eigenvalue weighted by atomic mass is 9.95. The van der Waals surface area contributed by atoms with E-state index in [-0.39, 0.29) is 11.9 Å². The first-order valence-corrected chi connectivity index (χ1v) is 9.61. The van der Waals surface area contributed by atoms with E-state index in [1.165, 1.54) is 0 Å². The van der Waals surface area contributed by atoms with Crippen molar-refractivity contribution < 1.29 is 4.79 Å². The van der Waals surface area contributed by atoms with Gasteiger partial charge in [0, 0.05) is 18.2 Å². The van der Waals surface area contributed by atoms with Crippen molar-refractivity contribution in [2.24, 2.45) is 5.92 Å². The van der Waals surface area contributed by atoms with Crippen molar-refractivity contribution in [2.45, 2.75) is 32.9 Å².